The number of benzene rings is 1. The maximum Gasteiger partial charge on any atom is 0.410 e. The Hall–Kier alpha value is -2.63. The third-order valence-corrected chi connectivity index (χ3v) is 5.29. The molecule has 1 saturated heterocycles. The molecule has 1 amide bonds. The van der Waals surface area contributed by atoms with Crippen LogP contribution in [0.15, 0.2) is 30.6 Å². The van der Waals surface area contributed by atoms with Gasteiger partial charge in [0.2, 0.25) is 0 Å². The van der Waals surface area contributed by atoms with Gasteiger partial charge in [-0.3, -0.25) is 9.48 Å². The van der Waals surface area contributed by atoms with Crippen molar-refractivity contribution in [2.45, 2.75) is 59.6 Å². The minimum absolute atomic E-state index is 0.0769. The van der Waals surface area contributed by atoms with Crippen molar-refractivity contribution in [1.82, 2.24) is 14.7 Å². The van der Waals surface area contributed by atoms with E-state index in [0.29, 0.717) is 5.92 Å². The normalized spacial score (nSPS) is 15.4. The van der Waals surface area contributed by atoms with Gasteiger partial charge in [0, 0.05) is 37.0 Å². The van der Waals surface area contributed by atoms with E-state index in [2.05, 4.69) is 11.3 Å². The Labute approximate surface area is 172 Å². The molecule has 1 aromatic carbocycles. The van der Waals surface area contributed by atoms with Crippen LogP contribution in [0.5, 0.6) is 0 Å². The van der Waals surface area contributed by atoms with Crippen molar-refractivity contribution in [3.05, 3.63) is 41.7 Å². The van der Waals surface area contributed by atoms with Crippen LogP contribution in [0.4, 0.5) is 4.79 Å². The van der Waals surface area contributed by atoms with Crippen LogP contribution in [0.25, 0.3) is 11.1 Å². The number of Topliss-reactive ketones (excluding diaryl/α,β-unsaturated/α-hetero) is 1. The topological polar surface area (TPSA) is 64.4 Å². The van der Waals surface area contributed by atoms with E-state index in [1.54, 1.807) is 11.8 Å². The fourth-order valence-corrected chi connectivity index (χ4v) is 3.70. The van der Waals surface area contributed by atoms with E-state index in [-0.39, 0.29) is 11.9 Å². The lowest BCUT2D eigenvalue weighted by molar-refractivity contribution is 0.0177. The molecule has 1 aromatic heterocycles. The van der Waals surface area contributed by atoms with Gasteiger partial charge in [0.1, 0.15) is 5.60 Å². The molecule has 3 rings (SSSR count). The van der Waals surface area contributed by atoms with E-state index in [9.17, 15) is 9.59 Å². The molecule has 0 radical (unpaired) electrons. The number of likely N-dealkylation sites (tertiary alicyclic amines) is 1. The summed E-state index contributed by atoms with van der Waals surface area (Å²) in [6.45, 7) is 11.6. The highest BCUT2D eigenvalue weighted by molar-refractivity contribution is 5.94. The van der Waals surface area contributed by atoms with E-state index in [1.165, 1.54) is 0 Å². The molecule has 0 unspecified atom stereocenters. The van der Waals surface area contributed by atoms with Crippen LogP contribution >= 0.6 is 0 Å². The van der Waals surface area contributed by atoms with Gasteiger partial charge in [0.25, 0.3) is 0 Å². The molecule has 2 aromatic rings. The molecular formula is C23H31N3O3. The summed E-state index contributed by atoms with van der Waals surface area (Å²) in [6.07, 6.45) is 5.62. The van der Waals surface area contributed by atoms with E-state index in [4.69, 9.17) is 4.74 Å². The number of ketones is 1. The van der Waals surface area contributed by atoms with Gasteiger partial charge in [-0.25, -0.2) is 4.79 Å². The molecule has 0 atom stereocenters. The number of piperidine rings is 1. The van der Waals surface area contributed by atoms with Gasteiger partial charge in [-0.05, 0) is 70.6 Å². The zero-order chi connectivity index (χ0) is 21.2. The van der Waals surface area contributed by atoms with Crippen molar-refractivity contribution in [2.24, 2.45) is 5.92 Å². The molecule has 1 aliphatic heterocycles. The molecular weight excluding hydrogens is 366 g/mol. The number of hydrogen-bond donors (Lipinski definition) is 0. The van der Waals surface area contributed by atoms with Gasteiger partial charge < -0.3 is 9.64 Å². The first-order valence-corrected chi connectivity index (χ1v) is 10.2. The number of hydrogen-bond acceptors (Lipinski definition) is 4. The third kappa shape index (κ3) is 5.46. The van der Waals surface area contributed by atoms with Crippen molar-refractivity contribution >= 4 is 11.9 Å². The predicted molar refractivity (Wildman–Crippen MR) is 113 cm³/mol. The van der Waals surface area contributed by atoms with Crippen LogP contribution < -0.4 is 0 Å². The van der Waals surface area contributed by atoms with Crippen molar-refractivity contribution in [3.8, 4) is 11.1 Å². The smallest absolute Gasteiger partial charge is 0.410 e. The van der Waals surface area contributed by atoms with E-state index in [1.807, 2.05) is 56.8 Å². The minimum Gasteiger partial charge on any atom is -0.444 e. The molecule has 0 bridgehead atoms. The second kappa shape index (κ2) is 8.39. The molecule has 2 heterocycles. The van der Waals surface area contributed by atoms with Gasteiger partial charge in [-0.15, -0.1) is 0 Å². The largest absolute Gasteiger partial charge is 0.444 e. The summed E-state index contributed by atoms with van der Waals surface area (Å²) in [5.74, 6) is 0.565. The summed E-state index contributed by atoms with van der Waals surface area (Å²) >= 11 is 0. The molecule has 6 nitrogen and oxygen atoms in total. The summed E-state index contributed by atoms with van der Waals surface area (Å²) in [5.41, 5.74) is 3.50. The Morgan fingerprint density at radius 1 is 1.21 bits per heavy atom. The number of carbonyl (C=O) groups is 2. The van der Waals surface area contributed by atoms with Crippen LogP contribution in [-0.4, -0.2) is 45.2 Å². The lowest BCUT2D eigenvalue weighted by atomic mass is 9.97. The Kier molecular flexibility index (Phi) is 6.10. The number of aromatic nitrogens is 2. The van der Waals surface area contributed by atoms with Crippen LogP contribution in [0.2, 0.25) is 0 Å². The fraction of sp³-hybridized carbons (Fsp3) is 0.522. The molecule has 156 valence electrons. The van der Waals surface area contributed by atoms with Crippen LogP contribution in [0, 0.1) is 12.8 Å². The number of aryl methyl sites for hydroxylation is 1. The molecule has 6 heteroatoms. The average molecular weight is 398 g/mol. The summed E-state index contributed by atoms with van der Waals surface area (Å²) in [4.78, 5) is 25.6. The number of amides is 1. The average Bonchev–Trinajstić information content (AvgIpc) is 3.08. The Morgan fingerprint density at radius 2 is 1.90 bits per heavy atom. The van der Waals surface area contributed by atoms with Crippen molar-refractivity contribution < 1.29 is 14.3 Å². The summed E-state index contributed by atoms with van der Waals surface area (Å²) < 4.78 is 7.45. The molecule has 0 aliphatic carbocycles. The van der Waals surface area contributed by atoms with Gasteiger partial charge in [0.15, 0.2) is 5.78 Å². The fourth-order valence-electron chi connectivity index (χ4n) is 3.70. The highest BCUT2D eigenvalue weighted by Crippen LogP contribution is 2.26. The molecule has 0 spiro atoms. The second-order valence-corrected chi connectivity index (χ2v) is 8.95. The van der Waals surface area contributed by atoms with Crippen molar-refractivity contribution in [1.29, 1.82) is 0 Å². The number of rotatable bonds is 4. The maximum absolute atomic E-state index is 12.2. The third-order valence-electron chi connectivity index (χ3n) is 5.29. The lowest BCUT2D eigenvalue weighted by Crippen LogP contribution is -2.42. The predicted octanol–water partition coefficient (Wildman–Crippen LogP) is 4.71. The Balaban J connectivity index is 1.58. The SMILES string of the molecule is CC(=O)c1ccc(-c2cnn(CC3CCN(C(=O)OC(C)(C)C)CC3)c2)c(C)c1. The Bertz CT molecular complexity index is 887. The van der Waals surface area contributed by atoms with Crippen molar-refractivity contribution in [3.63, 3.8) is 0 Å². The lowest BCUT2D eigenvalue weighted by Gasteiger charge is -2.33. The maximum atomic E-state index is 12.2. The number of ether oxygens (including phenoxy) is 1. The minimum atomic E-state index is -0.458. The van der Waals surface area contributed by atoms with Gasteiger partial charge in [-0.2, -0.15) is 5.10 Å². The molecule has 0 saturated carbocycles. The van der Waals surface area contributed by atoms with Gasteiger partial charge in [0.05, 0.1) is 6.20 Å². The Morgan fingerprint density at radius 3 is 2.48 bits per heavy atom. The molecule has 29 heavy (non-hydrogen) atoms. The molecule has 1 fully saturated rings. The van der Waals surface area contributed by atoms with Crippen LogP contribution in [-0.2, 0) is 11.3 Å². The number of carbonyl (C=O) groups excluding carboxylic acids is 2. The quantitative estimate of drug-likeness (QED) is 0.701. The highest BCUT2D eigenvalue weighted by atomic mass is 16.6. The first-order valence-electron chi connectivity index (χ1n) is 10.2. The van der Waals surface area contributed by atoms with Gasteiger partial charge in [-0.1, -0.05) is 12.1 Å². The number of nitrogens with zero attached hydrogens (tertiary/aromatic N) is 3. The van der Waals surface area contributed by atoms with Crippen LogP contribution in [0.1, 0.15) is 56.5 Å². The molecule has 1 aliphatic rings. The van der Waals surface area contributed by atoms with Crippen LogP contribution in [0.3, 0.4) is 0 Å². The zero-order valence-electron chi connectivity index (χ0n) is 18.1. The first-order chi connectivity index (χ1) is 13.6. The monoisotopic (exact) mass is 397 g/mol. The first kappa shape index (κ1) is 21.1. The standard InChI is InChI=1S/C23H31N3O3/c1-16-12-19(17(2)27)6-7-21(16)20-13-24-26(15-20)14-18-8-10-25(11-9-18)22(28)29-23(3,4)5/h6-7,12-13,15,18H,8-11,14H2,1-5H3. The second-order valence-electron chi connectivity index (χ2n) is 8.95. The van der Waals surface area contributed by atoms with E-state index in [0.717, 1.165) is 54.7 Å². The summed E-state index contributed by atoms with van der Waals surface area (Å²) in [7, 11) is 0. The van der Waals surface area contributed by atoms with E-state index >= 15 is 0 Å². The van der Waals surface area contributed by atoms with Crippen molar-refractivity contribution in [2.75, 3.05) is 13.1 Å². The zero-order valence-corrected chi connectivity index (χ0v) is 18.1. The molecule has 0 N–H and O–H groups in total. The summed E-state index contributed by atoms with van der Waals surface area (Å²) in [5, 5.41) is 4.53. The highest BCUT2D eigenvalue weighted by Gasteiger charge is 2.27. The summed E-state index contributed by atoms with van der Waals surface area (Å²) in [6, 6.07) is 5.79. The van der Waals surface area contributed by atoms with Gasteiger partial charge >= 0.3 is 6.09 Å². The van der Waals surface area contributed by atoms with E-state index < -0.39 is 5.60 Å².